The van der Waals surface area contributed by atoms with Gasteiger partial charge in [0, 0.05) is 18.2 Å². The maximum Gasteiger partial charge on any atom is 0.338 e. The van der Waals surface area contributed by atoms with Gasteiger partial charge in [-0.25, -0.2) is 9.78 Å². The van der Waals surface area contributed by atoms with Gasteiger partial charge in [0.1, 0.15) is 11.8 Å². The van der Waals surface area contributed by atoms with Crippen LogP contribution in [-0.2, 0) is 14.9 Å². The first-order chi connectivity index (χ1) is 8.34. The zero-order chi connectivity index (χ0) is 13.8. The molecule has 1 aromatic heterocycles. The van der Waals surface area contributed by atoms with Gasteiger partial charge in [-0.05, 0) is 12.1 Å². The van der Waals surface area contributed by atoms with E-state index in [1.54, 1.807) is 13.2 Å². The van der Waals surface area contributed by atoms with E-state index in [1.165, 1.54) is 6.07 Å². The van der Waals surface area contributed by atoms with Crippen LogP contribution < -0.4 is 0 Å². The number of rotatable bonds is 4. The van der Waals surface area contributed by atoms with Gasteiger partial charge in [-0.1, -0.05) is 32.4 Å². The molecule has 0 bridgehead atoms. The Morgan fingerprint density at radius 1 is 1.33 bits per heavy atom. The Morgan fingerprint density at radius 3 is 2.56 bits per heavy atom. The molecule has 0 aromatic carbocycles. The van der Waals surface area contributed by atoms with Gasteiger partial charge in [0.25, 0.3) is 0 Å². The summed E-state index contributed by atoms with van der Waals surface area (Å²) in [7, 11) is 1.55. The van der Waals surface area contributed by atoms with Crippen molar-refractivity contribution in [1.82, 2.24) is 4.98 Å². The first kappa shape index (κ1) is 14.9. The van der Waals surface area contributed by atoms with Gasteiger partial charge in [-0.3, -0.25) is 0 Å². The van der Waals surface area contributed by atoms with E-state index in [0.717, 1.165) is 5.69 Å². The summed E-state index contributed by atoms with van der Waals surface area (Å²) >= 11 is 5.92. The van der Waals surface area contributed by atoms with Crippen LogP contribution >= 0.6 is 11.6 Å². The third-order valence-corrected chi connectivity index (χ3v) is 2.51. The number of pyridine rings is 1. The number of hydrogen-bond acceptors (Lipinski definition) is 4. The van der Waals surface area contributed by atoms with Crippen molar-refractivity contribution >= 4 is 17.6 Å². The Hall–Kier alpha value is -1.13. The zero-order valence-corrected chi connectivity index (χ0v) is 11.9. The molecule has 1 aromatic rings. The van der Waals surface area contributed by atoms with E-state index < -0.39 is 5.97 Å². The standard InChI is InChI=1S/C13H18ClNO3/c1-13(2,3)10-7-9(8-11(14)15-10)12(16)18-6-5-17-4/h7-8H,5-6H2,1-4H3. The van der Waals surface area contributed by atoms with Crippen LogP contribution in [-0.4, -0.2) is 31.3 Å². The lowest BCUT2D eigenvalue weighted by Gasteiger charge is -2.18. The lowest BCUT2D eigenvalue weighted by Crippen LogP contribution is -2.16. The van der Waals surface area contributed by atoms with Crippen LogP contribution in [0.5, 0.6) is 0 Å². The van der Waals surface area contributed by atoms with E-state index in [2.05, 4.69) is 4.98 Å². The quantitative estimate of drug-likeness (QED) is 0.480. The number of methoxy groups -OCH3 is 1. The molecule has 0 amide bonds. The molecular weight excluding hydrogens is 254 g/mol. The van der Waals surface area contributed by atoms with E-state index in [4.69, 9.17) is 21.1 Å². The summed E-state index contributed by atoms with van der Waals surface area (Å²) in [4.78, 5) is 16.0. The molecule has 18 heavy (non-hydrogen) atoms. The molecule has 0 aliphatic heterocycles. The van der Waals surface area contributed by atoms with Crippen molar-refractivity contribution in [3.05, 3.63) is 28.5 Å². The Labute approximate surface area is 112 Å². The number of halogens is 1. The molecule has 0 spiro atoms. The second-order valence-corrected chi connectivity index (χ2v) is 5.33. The van der Waals surface area contributed by atoms with Crippen LogP contribution in [0.3, 0.4) is 0 Å². The van der Waals surface area contributed by atoms with Crippen molar-refractivity contribution in [1.29, 1.82) is 0 Å². The minimum Gasteiger partial charge on any atom is -0.460 e. The van der Waals surface area contributed by atoms with E-state index in [0.29, 0.717) is 17.3 Å². The number of hydrogen-bond donors (Lipinski definition) is 0. The van der Waals surface area contributed by atoms with Gasteiger partial charge in [0.05, 0.1) is 12.2 Å². The topological polar surface area (TPSA) is 48.4 Å². The molecular formula is C13H18ClNO3. The largest absolute Gasteiger partial charge is 0.460 e. The smallest absolute Gasteiger partial charge is 0.338 e. The maximum atomic E-state index is 11.8. The third kappa shape index (κ3) is 4.27. The summed E-state index contributed by atoms with van der Waals surface area (Å²) in [6, 6.07) is 3.22. The average Bonchev–Trinajstić information content (AvgIpc) is 2.27. The molecule has 0 aliphatic carbocycles. The molecule has 100 valence electrons. The molecule has 0 saturated heterocycles. The van der Waals surface area contributed by atoms with Crippen LogP contribution in [0.25, 0.3) is 0 Å². The third-order valence-electron chi connectivity index (χ3n) is 2.32. The molecule has 0 unspecified atom stereocenters. The summed E-state index contributed by atoms with van der Waals surface area (Å²) in [5, 5.41) is 0.293. The highest BCUT2D eigenvalue weighted by Gasteiger charge is 2.19. The van der Waals surface area contributed by atoms with Crippen molar-refractivity contribution in [2.45, 2.75) is 26.2 Å². The normalized spacial score (nSPS) is 11.4. The van der Waals surface area contributed by atoms with E-state index in [-0.39, 0.29) is 12.0 Å². The highest BCUT2D eigenvalue weighted by molar-refractivity contribution is 6.29. The molecule has 1 rings (SSSR count). The van der Waals surface area contributed by atoms with Gasteiger partial charge in [0.2, 0.25) is 0 Å². The van der Waals surface area contributed by atoms with Gasteiger partial charge < -0.3 is 9.47 Å². The predicted molar refractivity (Wildman–Crippen MR) is 70.1 cm³/mol. The van der Waals surface area contributed by atoms with Crippen LogP contribution in [0.2, 0.25) is 5.15 Å². The zero-order valence-electron chi connectivity index (χ0n) is 11.1. The van der Waals surface area contributed by atoms with Gasteiger partial charge in [0.15, 0.2) is 0 Å². The van der Waals surface area contributed by atoms with Gasteiger partial charge in [-0.2, -0.15) is 0 Å². The van der Waals surface area contributed by atoms with E-state index in [9.17, 15) is 4.79 Å². The van der Waals surface area contributed by atoms with Crippen molar-refractivity contribution in [2.24, 2.45) is 0 Å². The molecule has 0 aliphatic rings. The summed E-state index contributed by atoms with van der Waals surface area (Å²) in [5.41, 5.74) is 0.997. The van der Waals surface area contributed by atoms with Crippen molar-refractivity contribution in [3.63, 3.8) is 0 Å². The highest BCUT2D eigenvalue weighted by atomic mass is 35.5. The second kappa shape index (κ2) is 6.16. The predicted octanol–water partition coefficient (Wildman–Crippen LogP) is 2.84. The Morgan fingerprint density at radius 2 is 2.00 bits per heavy atom. The fourth-order valence-electron chi connectivity index (χ4n) is 1.30. The highest BCUT2D eigenvalue weighted by Crippen LogP contribution is 2.23. The van der Waals surface area contributed by atoms with Crippen molar-refractivity contribution in [2.75, 3.05) is 20.3 Å². The molecule has 4 nitrogen and oxygen atoms in total. The molecule has 5 heteroatoms. The van der Waals surface area contributed by atoms with E-state index >= 15 is 0 Å². The second-order valence-electron chi connectivity index (χ2n) is 4.94. The Balaban J connectivity index is 2.89. The van der Waals surface area contributed by atoms with Crippen LogP contribution in [0.4, 0.5) is 0 Å². The van der Waals surface area contributed by atoms with Crippen molar-refractivity contribution in [3.8, 4) is 0 Å². The van der Waals surface area contributed by atoms with Crippen molar-refractivity contribution < 1.29 is 14.3 Å². The summed E-state index contributed by atoms with van der Waals surface area (Å²) < 4.78 is 9.85. The van der Waals surface area contributed by atoms with Crippen LogP contribution in [0.1, 0.15) is 36.8 Å². The minimum atomic E-state index is -0.415. The average molecular weight is 272 g/mol. The summed E-state index contributed by atoms with van der Waals surface area (Å²) in [6.45, 7) is 6.61. The number of carbonyl (C=O) groups excluding carboxylic acids is 1. The SMILES string of the molecule is COCCOC(=O)c1cc(Cl)nc(C(C)(C)C)c1. The lowest BCUT2D eigenvalue weighted by atomic mass is 9.91. The summed E-state index contributed by atoms with van der Waals surface area (Å²) in [6.07, 6.45) is 0. The fraction of sp³-hybridized carbons (Fsp3) is 0.538. The minimum absolute atomic E-state index is 0.174. The number of esters is 1. The Bertz CT molecular complexity index is 427. The molecule has 0 N–H and O–H groups in total. The van der Waals surface area contributed by atoms with Crippen LogP contribution in [0.15, 0.2) is 12.1 Å². The van der Waals surface area contributed by atoms with Gasteiger partial charge >= 0.3 is 5.97 Å². The lowest BCUT2D eigenvalue weighted by molar-refractivity contribution is 0.0388. The number of carbonyl (C=O) groups is 1. The summed E-state index contributed by atoms with van der Waals surface area (Å²) in [5.74, 6) is -0.415. The van der Waals surface area contributed by atoms with Crippen LogP contribution in [0, 0.1) is 0 Å². The molecule has 0 saturated carbocycles. The van der Waals surface area contributed by atoms with E-state index in [1.807, 2.05) is 20.8 Å². The molecule has 0 fully saturated rings. The maximum absolute atomic E-state index is 11.8. The number of ether oxygens (including phenoxy) is 2. The molecule has 1 heterocycles. The number of nitrogens with zero attached hydrogens (tertiary/aromatic N) is 1. The van der Waals surface area contributed by atoms with Gasteiger partial charge in [-0.15, -0.1) is 0 Å². The molecule has 0 radical (unpaired) electrons. The first-order valence-corrected chi connectivity index (χ1v) is 6.06. The fourth-order valence-corrected chi connectivity index (χ4v) is 1.51. The molecule has 0 atom stereocenters. The number of aromatic nitrogens is 1. The monoisotopic (exact) mass is 271 g/mol. The first-order valence-electron chi connectivity index (χ1n) is 5.68. The Kier molecular flexibility index (Phi) is 5.11.